The predicted octanol–water partition coefficient (Wildman–Crippen LogP) is 1.61. The summed E-state index contributed by atoms with van der Waals surface area (Å²) >= 11 is 3.43. The molecule has 5 heteroatoms. The Morgan fingerprint density at radius 1 is 1.50 bits per heavy atom. The molecule has 0 bridgehead atoms. The van der Waals surface area contributed by atoms with E-state index in [9.17, 15) is 4.79 Å². The minimum absolute atomic E-state index is 0.168. The number of nitrogens with zero attached hydrogens (tertiary/aromatic N) is 2. The molecule has 0 aromatic carbocycles. The Hall–Kier alpha value is -0.810. The Bertz CT molecular complexity index is 471. The quantitative estimate of drug-likeness (QED) is 0.855. The van der Waals surface area contributed by atoms with Gasteiger partial charge in [0.05, 0.1) is 0 Å². The van der Waals surface area contributed by atoms with Crippen LogP contribution in [0.2, 0.25) is 0 Å². The molecule has 2 fully saturated rings. The zero-order valence-electron chi connectivity index (χ0n) is 10.5. The highest BCUT2D eigenvalue weighted by atomic mass is 79.9. The Morgan fingerprint density at radius 2 is 2.33 bits per heavy atom. The van der Waals surface area contributed by atoms with Gasteiger partial charge in [-0.3, -0.25) is 4.79 Å². The van der Waals surface area contributed by atoms with Gasteiger partial charge < -0.3 is 14.8 Å². The zero-order chi connectivity index (χ0) is 12.7. The van der Waals surface area contributed by atoms with Crippen LogP contribution in [0.3, 0.4) is 0 Å². The fourth-order valence-corrected chi connectivity index (χ4v) is 3.73. The topological polar surface area (TPSA) is 37.3 Å². The summed E-state index contributed by atoms with van der Waals surface area (Å²) in [5.74, 6) is 0.813. The highest BCUT2D eigenvalue weighted by Gasteiger charge is 2.38. The number of halogens is 1. The van der Waals surface area contributed by atoms with Crippen LogP contribution in [-0.4, -0.2) is 41.1 Å². The summed E-state index contributed by atoms with van der Waals surface area (Å²) in [5, 5.41) is 3.41. The smallest absolute Gasteiger partial charge is 0.270 e. The lowest BCUT2D eigenvalue weighted by atomic mass is 9.92. The van der Waals surface area contributed by atoms with Crippen molar-refractivity contribution in [2.24, 2.45) is 13.0 Å². The maximum atomic E-state index is 12.6. The molecule has 3 rings (SSSR count). The van der Waals surface area contributed by atoms with Crippen LogP contribution in [0.25, 0.3) is 0 Å². The summed E-state index contributed by atoms with van der Waals surface area (Å²) < 4.78 is 2.87. The van der Waals surface area contributed by atoms with E-state index in [4.69, 9.17) is 0 Å². The predicted molar refractivity (Wildman–Crippen MR) is 73.5 cm³/mol. The summed E-state index contributed by atoms with van der Waals surface area (Å²) in [4.78, 5) is 14.7. The molecule has 2 aliphatic heterocycles. The third kappa shape index (κ3) is 1.99. The van der Waals surface area contributed by atoms with Gasteiger partial charge >= 0.3 is 0 Å². The van der Waals surface area contributed by atoms with E-state index in [2.05, 4.69) is 26.1 Å². The number of hydrogen-bond acceptors (Lipinski definition) is 2. The fraction of sp³-hybridized carbons (Fsp3) is 0.615. The summed E-state index contributed by atoms with van der Waals surface area (Å²) in [6.07, 6.45) is 4.31. The molecule has 3 heterocycles. The molecule has 18 heavy (non-hydrogen) atoms. The molecule has 0 spiro atoms. The van der Waals surface area contributed by atoms with Crippen molar-refractivity contribution >= 4 is 21.8 Å². The number of amides is 1. The van der Waals surface area contributed by atoms with Crippen molar-refractivity contribution < 1.29 is 4.79 Å². The highest BCUT2D eigenvalue weighted by Crippen LogP contribution is 2.28. The molecule has 2 unspecified atom stereocenters. The van der Waals surface area contributed by atoms with Gasteiger partial charge in [0.25, 0.3) is 5.91 Å². The van der Waals surface area contributed by atoms with E-state index in [1.807, 2.05) is 23.9 Å². The van der Waals surface area contributed by atoms with E-state index in [1.165, 1.54) is 6.42 Å². The molecule has 0 saturated carbocycles. The Morgan fingerprint density at radius 3 is 3.06 bits per heavy atom. The van der Waals surface area contributed by atoms with Gasteiger partial charge in [0.2, 0.25) is 0 Å². The van der Waals surface area contributed by atoms with Gasteiger partial charge in [-0.05, 0) is 40.8 Å². The molecule has 4 nitrogen and oxygen atoms in total. The normalized spacial score (nSPS) is 27.3. The first-order chi connectivity index (χ1) is 8.66. The van der Waals surface area contributed by atoms with Crippen molar-refractivity contribution in [3.05, 3.63) is 22.4 Å². The minimum atomic E-state index is 0.168. The maximum absolute atomic E-state index is 12.6. The van der Waals surface area contributed by atoms with Crippen molar-refractivity contribution in [2.75, 3.05) is 19.6 Å². The first kappa shape index (κ1) is 12.2. The molecule has 0 aliphatic carbocycles. The van der Waals surface area contributed by atoms with E-state index in [0.717, 1.165) is 36.2 Å². The second-order valence-electron chi connectivity index (χ2n) is 5.28. The molecule has 2 aliphatic rings. The Balaban J connectivity index is 1.85. The number of piperidine rings is 1. The van der Waals surface area contributed by atoms with Crippen LogP contribution >= 0.6 is 15.9 Å². The molecule has 98 valence electrons. The van der Waals surface area contributed by atoms with Crippen molar-refractivity contribution in [1.29, 1.82) is 0 Å². The van der Waals surface area contributed by atoms with Crippen molar-refractivity contribution in [3.8, 4) is 0 Å². The third-order valence-electron chi connectivity index (χ3n) is 4.13. The van der Waals surface area contributed by atoms with Crippen LogP contribution in [0.1, 0.15) is 23.3 Å². The van der Waals surface area contributed by atoms with Crippen molar-refractivity contribution in [2.45, 2.75) is 18.9 Å². The number of nitrogens with one attached hydrogen (secondary N) is 1. The van der Waals surface area contributed by atoms with E-state index in [1.54, 1.807) is 0 Å². The average molecular weight is 312 g/mol. The number of fused-ring (bicyclic) bond motifs is 1. The lowest BCUT2D eigenvalue weighted by Gasteiger charge is -2.37. The molecule has 1 aromatic rings. The first-order valence-corrected chi connectivity index (χ1v) is 7.29. The van der Waals surface area contributed by atoms with Gasteiger partial charge in [-0.15, -0.1) is 0 Å². The van der Waals surface area contributed by atoms with Gasteiger partial charge in [-0.1, -0.05) is 0 Å². The summed E-state index contributed by atoms with van der Waals surface area (Å²) in [7, 11) is 1.92. The van der Waals surface area contributed by atoms with Crippen molar-refractivity contribution in [1.82, 2.24) is 14.8 Å². The SMILES string of the molecule is Cn1cc(Br)cc1C(=O)N1CCCC2CNCC21. The number of rotatable bonds is 1. The second kappa shape index (κ2) is 4.70. The standard InChI is InChI=1S/C13H18BrN3O/c1-16-8-10(14)5-11(16)13(18)17-4-2-3-9-6-15-7-12(9)17/h5,8-9,12,15H,2-4,6-7H2,1H3. The van der Waals surface area contributed by atoms with Gasteiger partial charge in [-0.2, -0.15) is 0 Å². The maximum Gasteiger partial charge on any atom is 0.270 e. The van der Waals surface area contributed by atoms with Gasteiger partial charge in [-0.25, -0.2) is 0 Å². The number of carbonyl (C=O) groups excluding carboxylic acids is 1. The molecule has 1 amide bonds. The molecule has 0 radical (unpaired) electrons. The molecule has 2 atom stereocenters. The van der Waals surface area contributed by atoms with Crippen LogP contribution in [0.5, 0.6) is 0 Å². The van der Waals surface area contributed by atoms with Crippen LogP contribution in [0.15, 0.2) is 16.7 Å². The third-order valence-corrected chi connectivity index (χ3v) is 4.56. The van der Waals surface area contributed by atoms with Crippen LogP contribution in [-0.2, 0) is 7.05 Å². The average Bonchev–Trinajstić information content (AvgIpc) is 2.94. The van der Waals surface area contributed by atoms with Crippen LogP contribution in [0, 0.1) is 5.92 Å². The van der Waals surface area contributed by atoms with E-state index in [0.29, 0.717) is 12.0 Å². The lowest BCUT2D eigenvalue weighted by molar-refractivity contribution is 0.0565. The number of hydrogen-bond donors (Lipinski definition) is 1. The monoisotopic (exact) mass is 311 g/mol. The molecule has 1 aromatic heterocycles. The summed E-state index contributed by atoms with van der Waals surface area (Å²) in [6.45, 7) is 2.90. The van der Waals surface area contributed by atoms with Crippen LogP contribution in [0.4, 0.5) is 0 Å². The summed E-state index contributed by atoms with van der Waals surface area (Å²) in [6, 6.07) is 2.30. The van der Waals surface area contributed by atoms with Gasteiger partial charge in [0.1, 0.15) is 5.69 Å². The first-order valence-electron chi connectivity index (χ1n) is 6.50. The zero-order valence-corrected chi connectivity index (χ0v) is 12.1. The fourth-order valence-electron chi connectivity index (χ4n) is 3.20. The highest BCUT2D eigenvalue weighted by molar-refractivity contribution is 9.10. The Labute approximate surface area is 115 Å². The number of aromatic nitrogens is 1. The minimum Gasteiger partial charge on any atom is -0.345 e. The van der Waals surface area contributed by atoms with E-state index < -0.39 is 0 Å². The largest absolute Gasteiger partial charge is 0.345 e. The molecule has 2 saturated heterocycles. The Kier molecular flexibility index (Phi) is 3.20. The van der Waals surface area contributed by atoms with Gasteiger partial charge in [0.15, 0.2) is 0 Å². The second-order valence-corrected chi connectivity index (χ2v) is 6.20. The number of carbonyl (C=O) groups is 1. The van der Waals surface area contributed by atoms with Crippen LogP contribution < -0.4 is 5.32 Å². The van der Waals surface area contributed by atoms with Gasteiger partial charge in [0, 0.05) is 43.4 Å². The molecular weight excluding hydrogens is 294 g/mol. The number of aryl methyl sites for hydroxylation is 1. The summed E-state index contributed by atoms with van der Waals surface area (Å²) in [5.41, 5.74) is 0.773. The van der Waals surface area contributed by atoms with Crippen molar-refractivity contribution in [3.63, 3.8) is 0 Å². The van der Waals surface area contributed by atoms with E-state index >= 15 is 0 Å². The molecular formula is C13H18BrN3O. The lowest BCUT2D eigenvalue weighted by Crippen LogP contribution is -2.48. The van der Waals surface area contributed by atoms with E-state index in [-0.39, 0.29) is 5.91 Å². The number of likely N-dealkylation sites (tertiary alicyclic amines) is 1. The molecule has 1 N–H and O–H groups in total.